The van der Waals surface area contributed by atoms with Gasteiger partial charge in [0.05, 0.1) is 0 Å². The Hall–Kier alpha value is -1.02. The Morgan fingerprint density at radius 1 is 1.10 bits per heavy atom. The Kier molecular flexibility index (Phi) is 4.33. The van der Waals surface area contributed by atoms with Crippen LogP contribution < -0.4 is 5.73 Å². The average molecular weight is 139 g/mol. The largest absolute Gasteiger partial charge is 0.400 e. The quantitative estimate of drug-likeness (QED) is 0.530. The van der Waals surface area contributed by atoms with Crippen molar-refractivity contribution in [1.82, 2.24) is 0 Å². The molecule has 0 aliphatic rings. The van der Waals surface area contributed by atoms with Crippen molar-refractivity contribution in [3.8, 4) is 0 Å². The number of rotatable bonds is 0. The van der Waals surface area contributed by atoms with E-state index in [9.17, 15) is 0 Å². The third kappa shape index (κ3) is 3.10. The molecule has 0 unspecified atom stereocenters. The third-order valence-electron chi connectivity index (χ3n) is 1.08. The predicted octanol–water partition coefficient (Wildman–Crippen LogP) is 1.19. The molecule has 0 saturated carbocycles. The zero-order chi connectivity index (χ0) is 7.98. The van der Waals surface area contributed by atoms with Crippen LogP contribution in [0.2, 0.25) is 0 Å². The van der Waals surface area contributed by atoms with Gasteiger partial charge in [0.15, 0.2) is 0 Å². The topological polar surface area (TPSA) is 46.2 Å². The zero-order valence-electron chi connectivity index (χ0n) is 6.33. The normalized spacial score (nSPS) is 7.90. The van der Waals surface area contributed by atoms with Gasteiger partial charge in [-0.25, -0.2) is 0 Å². The standard InChI is InChI=1S/C7H9N.CH4O/c1-6-2-4-7(8)5-3-6;1-2/h2-5H,8H2,1H3;2H,1H3. The molecule has 1 aromatic carbocycles. The van der Waals surface area contributed by atoms with Gasteiger partial charge in [-0.3, -0.25) is 0 Å². The second-order valence-corrected chi connectivity index (χ2v) is 1.91. The molecule has 0 radical (unpaired) electrons. The van der Waals surface area contributed by atoms with Gasteiger partial charge in [0.2, 0.25) is 0 Å². The van der Waals surface area contributed by atoms with Crippen molar-refractivity contribution in [3.63, 3.8) is 0 Å². The fourth-order valence-corrected chi connectivity index (χ4v) is 0.566. The van der Waals surface area contributed by atoms with Crippen LogP contribution in [0, 0.1) is 6.92 Å². The maximum atomic E-state index is 7.00. The summed E-state index contributed by atoms with van der Waals surface area (Å²) in [4.78, 5) is 0. The summed E-state index contributed by atoms with van der Waals surface area (Å²) in [6.45, 7) is 2.04. The molecule has 0 bridgehead atoms. The van der Waals surface area contributed by atoms with Crippen molar-refractivity contribution in [2.24, 2.45) is 0 Å². The van der Waals surface area contributed by atoms with E-state index in [-0.39, 0.29) is 0 Å². The molecule has 0 atom stereocenters. The second kappa shape index (κ2) is 4.82. The van der Waals surface area contributed by atoms with Crippen LogP contribution in [-0.4, -0.2) is 12.2 Å². The Bertz CT molecular complexity index is 148. The SMILES string of the molecule is CO.Cc1ccc(N)cc1. The molecule has 2 nitrogen and oxygen atoms in total. The van der Waals surface area contributed by atoms with E-state index in [1.54, 1.807) is 0 Å². The molecule has 56 valence electrons. The average Bonchev–Trinajstić information content (AvgIpc) is 2.00. The highest BCUT2D eigenvalue weighted by molar-refractivity contribution is 5.38. The van der Waals surface area contributed by atoms with Gasteiger partial charge in [-0.05, 0) is 19.1 Å². The van der Waals surface area contributed by atoms with Gasteiger partial charge in [-0.2, -0.15) is 0 Å². The van der Waals surface area contributed by atoms with Gasteiger partial charge in [0.25, 0.3) is 0 Å². The van der Waals surface area contributed by atoms with Crippen LogP contribution in [0.5, 0.6) is 0 Å². The fourth-order valence-electron chi connectivity index (χ4n) is 0.566. The van der Waals surface area contributed by atoms with E-state index in [4.69, 9.17) is 10.8 Å². The lowest BCUT2D eigenvalue weighted by Gasteiger charge is -1.90. The van der Waals surface area contributed by atoms with Gasteiger partial charge in [-0.1, -0.05) is 17.7 Å². The molecule has 1 aromatic rings. The first kappa shape index (κ1) is 8.98. The summed E-state index contributed by atoms with van der Waals surface area (Å²) in [6.07, 6.45) is 0. The van der Waals surface area contributed by atoms with Crippen LogP contribution in [-0.2, 0) is 0 Å². The molecular weight excluding hydrogens is 126 g/mol. The van der Waals surface area contributed by atoms with Crippen molar-refractivity contribution in [2.45, 2.75) is 6.92 Å². The van der Waals surface area contributed by atoms with E-state index in [2.05, 4.69) is 0 Å². The number of hydrogen-bond acceptors (Lipinski definition) is 2. The molecule has 3 N–H and O–H groups in total. The van der Waals surface area contributed by atoms with Crippen LogP contribution in [0.25, 0.3) is 0 Å². The minimum Gasteiger partial charge on any atom is -0.400 e. The maximum absolute atomic E-state index is 7.00. The Labute approximate surface area is 61.3 Å². The Balaban J connectivity index is 0.000000371. The number of benzene rings is 1. The molecule has 0 spiro atoms. The summed E-state index contributed by atoms with van der Waals surface area (Å²) >= 11 is 0. The van der Waals surface area contributed by atoms with Gasteiger partial charge in [0.1, 0.15) is 0 Å². The predicted molar refractivity (Wildman–Crippen MR) is 43.7 cm³/mol. The number of nitrogens with two attached hydrogens (primary N) is 1. The summed E-state index contributed by atoms with van der Waals surface area (Å²) < 4.78 is 0. The number of hydrogen-bond donors (Lipinski definition) is 2. The first-order chi connectivity index (χ1) is 4.79. The lowest BCUT2D eigenvalue weighted by Crippen LogP contribution is -1.81. The van der Waals surface area contributed by atoms with Crippen molar-refractivity contribution in [2.75, 3.05) is 12.8 Å². The summed E-state index contributed by atoms with van der Waals surface area (Å²) in [6, 6.07) is 7.79. The van der Waals surface area contributed by atoms with Crippen molar-refractivity contribution in [3.05, 3.63) is 29.8 Å². The van der Waals surface area contributed by atoms with Crippen LogP contribution >= 0.6 is 0 Å². The van der Waals surface area contributed by atoms with E-state index < -0.39 is 0 Å². The Morgan fingerprint density at radius 3 is 1.80 bits per heavy atom. The van der Waals surface area contributed by atoms with Crippen molar-refractivity contribution < 1.29 is 5.11 Å². The van der Waals surface area contributed by atoms with Crippen LogP contribution in [0.1, 0.15) is 5.56 Å². The smallest absolute Gasteiger partial charge is 0.0319 e. The molecule has 0 heterocycles. The monoisotopic (exact) mass is 139 g/mol. The van der Waals surface area contributed by atoms with E-state index in [0.29, 0.717) is 0 Å². The lowest BCUT2D eigenvalue weighted by atomic mass is 10.2. The highest BCUT2D eigenvalue weighted by atomic mass is 16.2. The summed E-state index contributed by atoms with van der Waals surface area (Å²) in [7, 11) is 1.00. The van der Waals surface area contributed by atoms with Crippen molar-refractivity contribution in [1.29, 1.82) is 0 Å². The highest BCUT2D eigenvalue weighted by Gasteiger charge is 1.80. The van der Waals surface area contributed by atoms with Crippen molar-refractivity contribution >= 4 is 5.69 Å². The van der Waals surface area contributed by atoms with Gasteiger partial charge >= 0.3 is 0 Å². The lowest BCUT2D eigenvalue weighted by molar-refractivity contribution is 0.399. The van der Waals surface area contributed by atoms with Gasteiger partial charge in [-0.15, -0.1) is 0 Å². The first-order valence-corrected chi connectivity index (χ1v) is 3.06. The molecule has 0 aliphatic carbocycles. The molecule has 0 aromatic heterocycles. The van der Waals surface area contributed by atoms with E-state index in [1.807, 2.05) is 31.2 Å². The zero-order valence-corrected chi connectivity index (χ0v) is 6.33. The minimum atomic E-state index is 0.829. The molecule has 2 heteroatoms. The second-order valence-electron chi connectivity index (χ2n) is 1.91. The fraction of sp³-hybridized carbons (Fsp3) is 0.250. The summed E-state index contributed by atoms with van der Waals surface area (Å²) in [5, 5.41) is 7.00. The van der Waals surface area contributed by atoms with Gasteiger partial charge < -0.3 is 10.8 Å². The number of anilines is 1. The van der Waals surface area contributed by atoms with Crippen LogP contribution in [0.3, 0.4) is 0 Å². The van der Waals surface area contributed by atoms with Crippen LogP contribution in [0.15, 0.2) is 24.3 Å². The molecular formula is C8H13NO. The van der Waals surface area contributed by atoms with Gasteiger partial charge in [0, 0.05) is 12.8 Å². The van der Waals surface area contributed by atoms with Crippen LogP contribution in [0.4, 0.5) is 5.69 Å². The molecule has 0 saturated heterocycles. The molecule has 0 fully saturated rings. The number of aliphatic hydroxyl groups excluding tert-OH is 1. The number of aliphatic hydroxyl groups is 1. The molecule has 0 amide bonds. The third-order valence-corrected chi connectivity index (χ3v) is 1.08. The molecule has 1 rings (SSSR count). The first-order valence-electron chi connectivity index (χ1n) is 3.06. The summed E-state index contributed by atoms with van der Waals surface area (Å²) in [5.74, 6) is 0. The van der Waals surface area contributed by atoms with E-state index in [0.717, 1.165) is 12.8 Å². The molecule has 0 aliphatic heterocycles. The maximum Gasteiger partial charge on any atom is 0.0319 e. The highest BCUT2D eigenvalue weighted by Crippen LogP contribution is 2.02. The Morgan fingerprint density at radius 2 is 1.50 bits per heavy atom. The number of nitrogen functional groups attached to an aromatic ring is 1. The number of aryl methyl sites for hydroxylation is 1. The van der Waals surface area contributed by atoms with E-state index >= 15 is 0 Å². The summed E-state index contributed by atoms with van der Waals surface area (Å²) in [5.41, 5.74) is 7.51. The molecule has 10 heavy (non-hydrogen) atoms. The van der Waals surface area contributed by atoms with E-state index in [1.165, 1.54) is 5.56 Å². The minimum absolute atomic E-state index is 0.829.